The fourth-order valence-corrected chi connectivity index (χ4v) is 0.767. The molecule has 0 aromatic heterocycles. The number of carbonyl (C=O) groups is 1. The smallest absolute Gasteiger partial charge is 0.249 e. The number of rotatable bonds is 1. The number of nitrogens with one attached hydrogen (secondary N) is 1. The number of carbonyl (C=O) groups excluding carboxylic acids is 1. The highest BCUT2D eigenvalue weighted by Crippen LogP contribution is 2.12. The molecular weight excluding hydrogens is 102 g/mol. The molecule has 0 radical (unpaired) electrons. The molecule has 44 valence electrons. The van der Waals surface area contributed by atoms with E-state index in [0.29, 0.717) is 0 Å². The third-order valence-corrected chi connectivity index (χ3v) is 1.43. The third kappa shape index (κ3) is 0.529. The summed E-state index contributed by atoms with van der Waals surface area (Å²) in [6.45, 7) is 5.60. The summed E-state index contributed by atoms with van der Waals surface area (Å²) < 4.78 is 0. The van der Waals surface area contributed by atoms with Crippen molar-refractivity contribution in [3.8, 4) is 0 Å². The van der Waals surface area contributed by atoms with Crippen molar-refractivity contribution in [1.29, 1.82) is 0 Å². The third-order valence-electron chi connectivity index (χ3n) is 1.43. The topological polar surface area (TPSA) is 29.1 Å². The van der Waals surface area contributed by atoms with Crippen molar-refractivity contribution in [2.24, 2.45) is 0 Å². The Labute approximate surface area is 48.6 Å². The highest BCUT2D eigenvalue weighted by Gasteiger charge is 2.28. The van der Waals surface area contributed by atoms with E-state index in [1.54, 1.807) is 0 Å². The van der Waals surface area contributed by atoms with Gasteiger partial charge in [0.1, 0.15) is 0 Å². The molecule has 1 fully saturated rings. The van der Waals surface area contributed by atoms with Gasteiger partial charge in [-0.05, 0) is 6.42 Å². The summed E-state index contributed by atoms with van der Waals surface area (Å²) in [7, 11) is 0. The molecule has 1 amide bonds. The standard InChI is InChI=1S/C6H9NO/c1-3-5-4(2)6(8)7-5/h5H,2-3H2,1H3,(H,7,8). The van der Waals surface area contributed by atoms with Gasteiger partial charge in [-0.3, -0.25) is 4.79 Å². The summed E-state index contributed by atoms with van der Waals surface area (Å²) in [4.78, 5) is 10.4. The van der Waals surface area contributed by atoms with Crippen LogP contribution < -0.4 is 5.32 Å². The van der Waals surface area contributed by atoms with Crippen LogP contribution in [0.2, 0.25) is 0 Å². The molecule has 1 rings (SSSR count). The Morgan fingerprint density at radius 2 is 2.50 bits per heavy atom. The molecule has 0 bridgehead atoms. The Hall–Kier alpha value is -0.790. The molecule has 1 aliphatic rings. The predicted molar refractivity (Wildman–Crippen MR) is 31.4 cm³/mol. The maximum atomic E-state index is 10.4. The normalized spacial score (nSPS) is 26.9. The van der Waals surface area contributed by atoms with Crippen molar-refractivity contribution in [1.82, 2.24) is 5.32 Å². The fraction of sp³-hybridized carbons (Fsp3) is 0.500. The van der Waals surface area contributed by atoms with Crippen LogP contribution in [0.15, 0.2) is 12.2 Å². The first-order chi connectivity index (χ1) is 3.75. The summed E-state index contributed by atoms with van der Waals surface area (Å²) in [6, 6.07) is 0.266. The van der Waals surface area contributed by atoms with E-state index in [9.17, 15) is 4.79 Å². The first kappa shape index (κ1) is 5.35. The van der Waals surface area contributed by atoms with Crippen LogP contribution in [0.5, 0.6) is 0 Å². The fourth-order valence-electron chi connectivity index (χ4n) is 0.767. The Balaban J connectivity index is 2.48. The molecule has 8 heavy (non-hydrogen) atoms. The van der Waals surface area contributed by atoms with Gasteiger partial charge in [-0.15, -0.1) is 0 Å². The minimum Gasteiger partial charge on any atom is -0.345 e. The van der Waals surface area contributed by atoms with Crippen molar-refractivity contribution in [3.63, 3.8) is 0 Å². The molecule has 1 heterocycles. The number of β-lactam (4-membered cyclic amide) rings is 1. The van der Waals surface area contributed by atoms with Gasteiger partial charge in [-0.25, -0.2) is 0 Å². The van der Waals surface area contributed by atoms with Gasteiger partial charge < -0.3 is 5.32 Å². The molecule has 1 aliphatic heterocycles. The Bertz CT molecular complexity index is 139. The SMILES string of the molecule is C=C1C(=O)NC1CC. The second-order valence-corrected chi connectivity index (χ2v) is 1.96. The summed E-state index contributed by atoms with van der Waals surface area (Å²) in [5.41, 5.74) is 0.729. The molecule has 0 aliphatic carbocycles. The monoisotopic (exact) mass is 111 g/mol. The van der Waals surface area contributed by atoms with Crippen molar-refractivity contribution in [2.45, 2.75) is 19.4 Å². The van der Waals surface area contributed by atoms with E-state index < -0.39 is 0 Å². The number of amides is 1. The zero-order valence-electron chi connectivity index (χ0n) is 4.90. The Kier molecular flexibility index (Phi) is 1.08. The van der Waals surface area contributed by atoms with Crippen molar-refractivity contribution >= 4 is 5.91 Å². The van der Waals surface area contributed by atoms with E-state index in [2.05, 4.69) is 11.9 Å². The van der Waals surface area contributed by atoms with Crippen LogP contribution in [0.3, 0.4) is 0 Å². The molecule has 0 spiro atoms. The van der Waals surface area contributed by atoms with Crippen molar-refractivity contribution < 1.29 is 4.79 Å². The minimum absolute atomic E-state index is 0.0110. The molecule has 2 nitrogen and oxygen atoms in total. The summed E-state index contributed by atoms with van der Waals surface area (Å²) >= 11 is 0. The number of hydrogen-bond acceptors (Lipinski definition) is 1. The molecule has 2 heteroatoms. The highest BCUT2D eigenvalue weighted by atomic mass is 16.2. The van der Waals surface area contributed by atoms with Crippen LogP contribution in [0.25, 0.3) is 0 Å². The summed E-state index contributed by atoms with van der Waals surface area (Å²) in [5.74, 6) is 0.0110. The predicted octanol–water partition coefficient (Wildman–Crippen LogP) is 0.451. The first-order valence-electron chi connectivity index (χ1n) is 2.75. The largest absolute Gasteiger partial charge is 0.345 e. The maximum absolute atomic E-state index is 10.4. The lowest BCUT2D eigenvalue weighted by Gasteiger charge is -2.28. The van der Waals surface area contributed by atoms with Crippen LogP contribution in [-0.4, -0.2) is 11.9 Å². The van der Waals surface area contributed by atoms with Crippen molar-refractivity contribution in [3.05, 3.63) is 12.2 Å². The van der Waals surface area contributed by atoms with E-state index in [1.807, 2.05) is 6.92 Å². The average molecular weight is 111 g/mol. The van der Waals surface area contributed by atoms with Crippen LogP contribution in [-0.2, 0) is 4.79 Å². The molecule has 0 aromatic carbocycles. The van der Waals surface area contributed by atoms with Gasteiger partial charge in [-0.1, -0.05) is 13.5 Å². The lowest BCUT2D eigenvalue weighted by atomic mass is 9.98. The Morgan fingerprint density at radius 1 is 1.88 bits per heavy atom. The van der Waals surface area contributed by atoms with Gasteiger partial charge in [-0.2, -0.15) is 0 Å². The lowest BCUT2D eigenvalue weighted by molar-refractivity contribution is -0.122. The van der Waals surface area contributed by atoms with Gasteiger partial charge in [0.25, 0.3) is 0 Å². The number of hydrogen-bond donors (Lipinski definition) is 1. The van der Waals surface area contributed by atoms with E-state index in [4.69, 9.17) is 0 Å². The minimum atomic E-state index is 0.0110. The lowest BCUT2D eigenvalue weighted by Crippen LogP contribution is -2.50. The van der Waals surface area contributed by atoms with E-state index in [0.717, 1.165) is 12.0 Å². The van der Waals surface area contributed by atoms with Crippen LogP contribution in [0.4, 0.5) is 0 Å². The molecule has 1 atom stereocenters. The highest BCUT2D eigenvalue weighted by molar-refractivity contribution is 6.00. The first-order valence-corrected chi connectivity index (χ1v) is 2.75. The van der Waals surface area contributed by atoms with E-state index >= 15 is 0 Å². The molecular formula is C6H9NO. The van der Waals surface area contributed by atoms with Gasteiger partial charge in [0.2, 0.25) is 5.91 Å². The second-order valence-electron chi connectivity index (χ2n) is 1.96. The molecule has 1 N–H and O–H groups in total. The zero-order chi connectivity index (χ0) is 6.15. The van der Waals surface area contributed by atoms with Gasteiger partial charge in [0.15, 0.2) is 0 Å². The summed E-state index contributed by atoms with van der Waals surface area (Å²) in [5, 5.41) is 2.70. The quantitative estimate of drug-likeness (QED) is 0.386. The van der Waals surface area contributed by atoms with Crippen LogP contribution in [0.1, 0.15) is 13.3 Å². The van der Waals surface area contributed by atoms with Crippen LogP contribution >= 0.6 is 0 Å². The van der Waals surface area contributed by atoms with Gasteiger partial charge in [0.05, 0.1) is 6.04 Å². The summed E-state index contributed by atoms with van der Waals surface area (Å²) in [6.07, 6.45) is 0.963. The van der Waals surface area contributed by atoms with Crippen LogP contribution in [0, 0.1) is 0 Å². The molecule has 0 aromatic rings. The maximum Gasteiger partial charge on any atom is 0.249 e. The van der Waals surface area contributed by atoms with E-state index in [-0.39, 0.29) is 11.9 Å². The zero-order valence-corrected chi connectivity index (χ0v) is 4.90. The van der Waals surface area contributed by atoms with E-state index in [1.165, 1.54) is 0 Å². The molecule has 0 saturated carbocycles. The average Bonchev–Trinajstić information content (AvgIpc) is 1.81. The molecule has 1 unspecified atom stereocenters. The Morgan fingerprint density at radius 3 is 2.62 bits per heavy atom. The van der Waals surface area contributed by atoms with Gasteiger partial charge >= 0.3 is 0 Å². The van der Waals surface area contributed by atoms with Gasteiger partial charge in [0, 0.05) is 5.57 Å². The van der Waals surface area contributed by atoms with Crippen molar-refractivity contribution in [2.75, 3.05) is 0 Å². The second kappa shape index (κ2) is 1.62. The molecule has 1 saturated heterocycles.